The van der Waals surface area contributed by atoms with Crippen molar-refractivity contribution in [3.05, 3.63) is 36.9 Å². The van der Waals surface area contributed by atoms with Gasteiger partial charge in [-0.1, -0.05) is 36.9 Å². The monoisotopic (exact) mass is 95.1 g/mol. The Morgan fingerprint density at radius 2 is 2.29 bits per heavy atom. The summed E-state index contributed by atoms with van der Waals surface area (Å²) in [6.07, 6.45) is 6.77. The van der Waals surface area contributed by atoms with Gasteiger partial charge in [-0.15, -0.1) is 0 Å². The molecule has 0 radical (unpaired) electrons. The van der Waals surface area contributed by atoms with E-state index >= 15 is 0 Å². The molecule has 38 valence electrons. The number of allylic oxidation sites excluding steroid dienone is 5. The first-order chi connectivity index (χ1) is 3.81. The zero-order valence-electron chi connectivity index (χ0n) is 5.52. The van der Waals surface area contributed by atoms with Gasteiger partial charge < -0.3 is 0 Å². The smallest absolute Gasteiger partial charge is 0.0623 e. The Morgan fingerprint density at radius 3 is 2.71 bits per heavy atom. The van der Waals surface area contributed by atoms with Crippen LogP contribution in [0.3, 0.4) is 0 Å². The average molecular weight is 95.2 g/mol. The molecule has 0 aromatic rings. The summed E-state index contributed by atoms with van der Waals surface area (Å²) < 4.78 is 7.07. The van der Waals surface area contributed by atoms with Gasteiger partial charge in [0, 0.05) is 0 Å². The van der Waals surface area contributed by atoms with Crippen LogP contribution in [0.15, 0.2) is 36.9 Å². The molecule has 0 spiro atoms. The van der Waals surface area contributed by atoms with Gasteiger partial charge in [0.15, 0.2) is 0 Å². The van der Waals surface area contributed by atoms with Crippen molar-refractivity contribution >= 4 is 0 Å². The molecule has 0 nitrogen and oxygen atoms in total. The van der Waals surface area contributed by atoms with Crippen LogP contribution in [0.5, 0.6) is 0 Å². The molecule has 0 saturated carbocycles. The van der Waals surface area contributed by atoms with Crippen LogP contribution in [0.2, 0.25) is 0 Å². The summed E-state index contributed by atoms with van der Waals surface area (Å²) in [7, 11) is 0. The van der Waals surface area contributed by atoms with E-state index in [1.165, 1.54) is 0 Å². The number of hydrogen-bond acceptors (Lipinski definition) is 0. The van der Waals surface area contributed by atoms with Gasteiger partial charge in [0.25, 0.3) is 0 Å². The Hall–Kier alpha value is -0.780. The van der Waals surface area contributed by atoms with Crippen molar-refractivity contribution < 1.29 is 1.37 Å². The van der Waals surface area contributed by atoms with Gasteiger partial charge in [-0.2, -0.15) is 0 Å². The maximum Gasteiger partial charge on any atom is 0.0623 e. The van der Waals surface area contributed by atoms with Crippen LogP contribution in [0.4, 0.5) is 0 Å². The quantitative estimate of drug-likeness (QED) is 0.462. The molecular weight excluding hydrogens is 84.1 g/mol. The van der Waals surface area contributed by atoms with E-state index in [4.69, 9.17) is 1.37 Å². The SMILES string of the molecule is [2H]C(C=CC)=CC=C. The van der Waals surface area contributed by atoms with Crippen LogP contribution in [0.25, 0.3) is 0 Å². The lowest BCUT2D eigenvalue weighted by Gasteiger charge is -1.65. The number of rotatable bonds is 2. The largest absolute Gasteiger partial charge is 0.0991 e. The summed E-state index contributed by atoms with van der Waals surface area (Å²) in [4.78, 5) is 0. The zero-order valence-corrected chi connectivity index (χ0v) is 4.52. The van der Waals surface area contributed by atoms with Crippen LogP contribution in [-0.4, -0.2) is 0 Å². The van der Waals surface area contributed by atoms with Gasteiger partial charge in [-0.25, -0.2) is 0 Å². The van der Waals surface area contributed by atoms with Crippen molar-refractivity contribution in [2.75, 3.05) is 0 Å². The van der Waals surface area contributed by atoms with Crippen molar-refractivity contribution in [1.29, 1.82) is 0 Å². The van der Waals surface area contributed by atoms with Crippen molar-refractivity contribution in [1.82, 2.24) is 0 Å². The van der Waals surface area contributed by atoms with E-state index < -0.39 is 0 Å². The molecule has 0 aromatic carbocycles. The minimum atomic E-state index is 0.488. The third-order valence-electron chi connectivity index (χ3n) is 0.477. The molecule has 0 fully saturated rings. The lowest BCUT2D eigenvalue weighted by Crippen LogP contribution is -1.43. The van der Waals surface area contributed by atoms with E-state index in [0.29, 0.717) is 6.05 Å². The second-order valence-electron chi connectivity index (χ2n) is 1.07. The molecule has 0 amide bonds. The third-order valence-corrected chi connectivity index (χ3v) is 0.477. The maximum absolute atomic E-state index is 7.07. The maximum atomic E-state index is 7.07. The van der Waals surface area contributed by atoms with E-state index in [1.807, 2.05) is 13.0 Å². The molecule has 0 aliphatic heterocycles. The summed E-state index contributed by atoms with van der Waals surface area (Å²) in [5.41, 5.74) is 0. The molecule has 7 heavy (non-hydrogen) atoms. The van der Waals surface area contributed by atoms with Gasteiger partial charge in [0.05, 0.1) is 1.37 Å². The van der Waals surface area contributed by atoms with Gasteiger partial charge in [-0.3, -0.25) is 0 Å². The van der Waals surface area contributed by atoms with Crippen molar-refractivity contribution in [3.63, 3.8) is 0 Å². The Balaban J connectivity index is 3.79. The predicted molar refractivity (Wildman–Crippen MR) is 34.2 cm³/mol. The first-order valence-corrected chi connectivity index (χ1v) is 2.23. The van der Waals surface area contributed by atoms with Crippen LogP contribution >= 0.6 is 0 Å². The molecule has 0 aromatic heterocycles. The molecule has 0 saturated heterocycles. The first-order valence-electron chi connectivity index (χ1n) is 2.73. The van der Waals surface area contributed by atoms with Crippen molar-refractivity contribution in [2.45, 2.75) is 6.92 Å². The fraction of sp³-hybridized carbons (Fsp3) is 0.143. The topological polar surface area (TPSA) is 0 Å². The first kappa shape index (κ1) is 4.38. The van der Waals surface area contributed by atoms with Gasteiger partial charge in [0.1, 0.15) is 0 Å². The van der Waals surface area contributed by atoms with Crippen LogP contribution in [0, 0.1) is 0 Å². The minimum Gasteiger partial charge on any atom is -0.0991 e. The summed E-state index contributed by atoms with van der Waals surface area (Å²) in [5.74, 6) is 0. The van der Waals surface area contributed by atoms with E-state index in [0.717, 1.165) is 0 Å². The molecule has 0 aliphatic carbocycles. The highest BCUT2D eigenvalue weighted by Crippen LogP contribution is 1.74. The Kier molecular flexibility index (Phi) is 3.27. The Morgan fingerprint density at radius 1 is 1.57 bits per heavy atom. The highest BCUT2D eigenvalue weighted by Gasteiger charge is 1.52. The highest BCUT2D eigenvalue weighted by atomic mass is 13.6. The van der Waals surface area contributed by atoms with Crippen LogP contribution in [0.1, 0.15) is 8.29 Å². The lowest BCUT2D eigenvalue weighted by atomic mass is 10.4. The van der Waals surface area contributed by atoms with Gasteiger partial charge >= 0.3 is 0 Å². The lowest BCUT2D eigenvalue weighted by molar-refractivity contribution is 1.73. The third kappa shape index (κ3) is 5.22. The summed E-state index contributed by atoms with van der Waals surface area (Å²) in [6, 6.07) is 0.488. The van der Waals surface area contributed by atoms with Gasteiger partial charge in [0.2, 0.25) is 0 Å². The van der Waals surface area contributed by atoms with Gasteiger partial charge in [-0.05, 0) is 6.92 Å². The van der Waals surface area contributed by atoms with Crippen LogP contribution in [-0.2, 0) is 0 Å². The average Bonchev–Trinajstić information content (AvgIpc) is 1.68. The molecule has 0 rings (SSSR count). The molecule has 0 heterocycles. The Labute approximate surface area is 46.3 Å². The molecule has 0 bridgehead atoms. The number of hydrogen-bond donors (Lipinski definition) is 0. The van der Waals surface area contributed by atoms with E-state index in [2.05, 4.69) is 6.58 Å². The normalized spacial score (nSPS) is 14.4. The van der Waals surface area contributed by atoms with E-state index in [-0.39, 0.29) is 0 Å². The molecule has 0 heteroatoms. The standard InChI is InChI=1S/C7H10/c1-3-5-7-6-4-2/h3-7H,1H2,2H3/i7D. The summed E-state index contributed by atoms with van der Waals surface area (Å²) in [6.45, 7) is 5.33. The second kappa shape index (κ2) is 5.22. The predicted octanol–water partition coefficient (Wildman–Crippen LogP) is 2.30. The molecule has 0 unspecified atom stereocenters. The molecule has 0 aliphatic rings. The molecular formula is C7H10. The highest BCUT2D eigenvalue weighted by molar-refractivity contribution is 5.07. The second-order valence-corrected chi connectivity index (χ2v) is 1.07. The van der Waals surface area contributed by atoms with E-state index in [9.17, 15) is 0 Å². The van der Waals surface area contributed by atoms with E-state index in [1.54, 1.807) is 18.2 Å². The zero-order chi connectivity index (χ0) is 6.41. The Bertz CT molecular complexity index is 120. The fourth-order valence-corrected chi connectivity index (χ4v) is 0.220. The van der Waals surface area contributed by atoms with Crippen LogP contribution < -0.4 is 0 Å². The molecule has 0 N–H and O–H groups in total. The van der Waals surface area contributed by atoms with Crippen molar-refractivity contribution in [2.24, 2.45) is 0 Å². The molecule has 0 atom stereocenters. The van der Waals surface area contributed by atoms with Crippen molar-refractivity contribution in [3.8, 4) is 0 Å². The summed E-state index contributed by atoms with van der Waals surface area (Å²) in [5, 5.41) is 0. The minimum absolute atomic E-state index is 0.488. The summed E-state index contributed by atoms with van der Waals surface area (Å²) >= 11 is 0. The fourth-order valence-electron chi connectivity index (χ4n) is 0.220.